The molecule has 1 aliphatic rings. The van der Waals surface area contributed by atoms with Gasteiger partial charge in [-0.2, -0.15) is 0 Å². The molecule has 1 unspecified atom stereocenters. The number of nitrogens with one attached hydrogen (secondary N) is 1. The Balaban J connectivity index is 2.00. The quantitative estimate of drug-likeness (QED) is 0.750. The first-order valence-electron chi connectivity index (χ1n) is 7.78. The van der Waals surface area contributed by atoms with Gasteiger partial charge in [-0.3, -0.25) is 0 Å². The third-order valence-electron chi connectivity index (χ3n) is 3.90. The van der Waals surface area contributed by atoms with Crippen LogP contribution in [0.25, 0.3) is 0 Å². The van der Waals surface area contributed by atoms with Gasteiger partial charge in [0.15, 0.2) is 0 Å². The Bertz CT molecular complexity index is 404. The molecule has 112 valence electrons. The molecule has 0 radical (unpaired) electrons. The molecule has 0 bridgehead atoms. The van der Waals surface area contributed by atoms with Crippen molar-refractivity contribution in [2.75, 3.05) is 33.8 Å². The Morgan fingerprint density at radius 3 is 2.85 bits per heavy atom. The van der Waals surface area contributed by atoms with Crippen LogP contribution in [0.2, 0.25) is 0 Å². The normalized spacial score (nSPS) is 16.4. The number of ether oxygens (including phenoxy) is 1. The molecule has 0 spiro atoms. The Labute approximate surface area is 123 Å². The van der Waals surface area contributed by atoms with Gasteiger partial charge in [0.25, 0.3) is 0 Å². The molecule has 1 N–H and O–H groups in total. The van der Waals surface area contributed by atoms with Gasteiger partial charge in [0.2, 0.25) is 0 Å². The zero-order valence-electron chi connectivity index (χ0n) is 13.1. The molecule has 2 rings (SSSR count). The zero-order chi connectivity index (χ0) is 14.4. The summed E-state index contributed by atoms with van der Waals surface area (Å²) < 4.78 is 5.35. The van der Waals surface area contributed by atoms with Crippen LogP contribution in [0.1, 0.15) is 37.8 Å². The van der Waals surface area contributed by atoms with Crippen molar-refractivity contribution < 1.29 is 4.74 Å². The number of benzene rings is 1. The largest absolute Gasteiger partial charge is 0.497 e. The Hall–Kier alpha value is -1.06. The lowest BCUT2D eigenvalue weighted by Crippen LogP contribution is -2.34. The molecule has 0 saturated heterocycles. The van der Waals surface area contributed by atoms with Gasteiger partial charge in [-0.25, -0.2) is 0 Å². The highest BCUT2D eigenvalue weighted by atomic mass is 16.5. The predicted octanol–water partition coefficient (Wildman–Crippen LogP) is 3.08. The lowest BCUT2D eigenvalue weighted by molar-refractivity contribution is 0.280. The van der Waals surface area contributed by atoms with Gasteiger partial charge >= 0.3 is 0 Å². The fourth-order valence-electron chi connectivity index (χ4n) is 2.59. The molecule has 20 heavy (non-hydrogen) atoms. The molecule has 1 aliphatic carbocycles. The molecule has 0 heterocycles. The number of rotatable bonds is 9. The average Bonchev–Trinajstić information content (AvgIpc) is 3.27. The maximum Gasteiger partial charge on any atom is 0.119 e. The first kappa shape index (κ1) is 15.3. The van der Waals surface area contributed by atoms with E-state index in [4.69, 9.17) is 4.74 Å². The van der Waals surface area contributed by atoms with E-state index >= 15 is 0 Å². The minimum absolute atomic E-state index is 0.383. The standard InChI is InChI=1S/C17H28N2O/c1-4-10-18-17(13-19(2)12-14-8-9-14)15-6-5-7-16(11-15)20-3/h5-7,11,14,17-18H,4,8-10,12-13H2,1-3H3. The Morgan fingerprint density at radius 2 is 2.20 bits per heavy atom. The van der Waals surface area contributed by atoms with E-state index in [1.54, 1.807) is 7.11 Å². The maximum absolute atomic E-state index is 5.35. The van der Waals surface area contributed by atoms with Crippen LogP contribution < -0.4 is 10.1 Å². The molecule has 1 atom stereocenters. The third kappa shape index (κ3) is 4.80. The smallest absolute Gasteiger partial charge is 0.119 e. The van der Waals surface area contributed by atoms with Crippen LogP contribution in [0.4, 0.5) is 0 Å². The number of nitrogens with zero attached hydrogens (tertiary/aromatic N) is 1. The van der Waals surface area contributed by atoms with E-state index in [1.807, 2.05) is 6.07 Å². The van der Waals surface area contributed by atoms with Gasteiger partial charge in [-0.05, 0) is 56.5 Å². The molecular formula is C17H28N2O. The van der Waals surface area contributed by atoms with E-state index in [-0.39, 0.29) is 0 Å². The maximum atomic E-state index is 5.35. The minimum Gasteiger partial charge on any atom is -0.497 e. The molecule has 0 aromatic heterocycles. The molecular weight excluding hydrogens is 248 g/mol. The first-order valence-corrected chi connectivity index (χ1v) is 7.78. The fourth-order valence-corrected chi connectivity index (χ4v) is 2.59. The van der Waals surface area contributed by atoms with Crippen molar-refractivity contribution in [2.24, 2.45) is 5.92 Å². The van der Waals surface area contributed by atoms with Gasteiger partial charge in [0, 0.05) is 19.1 Å². The van der Waals surface area contributed by atoms with Gasteiger partial charge in [0.05, 0.1) is 7.11 Å². The molecule has 3 nitrogen and oxygen atoms in total. The lowest BCUT2D eigenvalue weighted by atomic mass is 10.1. The van der Waals surface area contributed by atoms with Crippen molar-refractivity contribution >= 4 is 0 Å². The number of hydrogen-bond acceptors (Lipinski definition) is 3. The molecule has 1 aromatic carbocycles. The monoisotopic (exact) mass is 276 g/mol. The van der Waals surface area contributed by atoms with E-state index in [0.29, 0.717) is 6.04 Å². The predicted molar refractivity (Wildman–Crippen MR) is 84.2 cm³/mol. The fraction of sp³-hybridized carbons (Fsp3) is 0.647. The van der Waals surface area contributed by atoms with Crippen LogP contribution in [0.3, 0.4) is 0 Å². The highest BCUT2D eigenvalue weighted by Gasteiger charge is 2.24. The minimum atomic E-state index is 0.383. The van der Waals surface area contributed by atoms with Crippen molar-refractivity contribution in [2.45, 2.75) is 32.2 Å². The molecule has 3 heteroatoms. The summed E-state index contributed by atoms with van der Waals surface area (Å²) in [6, 6.07) is 8.82. The Morgan fingerprint density at radius 1 is 1.40 bits per heavy atom. The summed E-state index contributed by atoms with van der Waals surface area (Å²) in [6.45, 7) is 5.56. The number of likely N-dealkylation sites (N-methyl/N-ethyl adjacent to an activating group) is 1. The lowest BCUT2D eigenvalue weighted by Gasteiger charge is -2.25. The molecule has 1 aromatic rings. The third-order valence-corrected chi connectivity index (χ3v) is 3.90. The molecule has 1 saturated carbocycles. The van der Waals surface area contributed by atoms with E-state index in [0.717, 1.165) is 31.2 Å². The van der Waals surface area contributed by atoms with Crippen LogP contribution >= 0.6 is 0 Å². The molecule has 1 fully saturated rings. The highest BCUT2D eigenvalue weighted by Crippen LogP contribution is 2.30. The summed E-state index contributed by atoms with van der Waals surface area (Å²) in [5.74, 6) is 1.88. The number of hydrogen-bond donors (Lipinski definition) is 1. The highest BCUT2D eigenvalue weighted by molar-refractivity contribution is 5.30. The average molecular weight is 276 g/mol. The van der Waals surface area contributed by atoms with Crippen LogP contribution in [0, 0.1) is 5.92 Å². The second-order valence-corrected chi connectivity index (χ2v) is 5.95. The summed E-state index contributed by atoms with van der Waals surface area (Å²) in [4.78, 5) is 2.46. The first-order chi connectivity index (χ1) is 9.72. The van der Waals surface area contributed by atoms with Crippen LogP contribution in [-0.2, 0) is 0 Å². The summed E-state index contributed by atoms with van der Waals surface area (Å²) in [5, 5.41) is 3.66. The van der Waals surface area contributed by atoms with Gasteiger partial charge in [-0.15, -0.1) is 0 Å². The van der Waals surface area contributed by atoms with Gasteiger partial charge in [-0.1, -0.05) is 19.1 Å². The van der Waals surface area contributed by atoms with Crippen molar-refractivity contribution in [1.82, 2.24) is 10.2 Å². The number of methoxy groups -OCH3 is 1. The van der Waals surface area contributed by atoms with Crippen LogP contribution in [0.15, 0.2) is 24.3 Å². The second-order valence-electron chi connectivity index (χ2n) is 5.95. The molecule has 0 aliphatic heterocycles. The second kappa shape index (κ2) is 7.65. The van der Waals surface area contributed by atoms with Crippen molar-refractivity contribution in [3.05, 3.63) is 29.8 Å². The van der Waals surface area contributed by atoms with Crippen LogP contribution in [0.5, 0.6) is 5.75 Å². The van der Waals surface area contributed by atoms with E-state index in [1.165, 1.54) is 24.9 Å². The van der Waals surface area contributed by atoms with Crippen molar-refractivity contribution in [3.63, 3.8) is 0 Å². The zero-order valence-corrected chi connectivity index (χ0v) is 13.1. The summed E-state index contributed by atoms with van der Waals surface area (Å²) >= 11 is 0. The summed E-state index contributed by atoms with van der Waals surface area (Å²) in [5.41, 5.74) is 1.32. The van der Waals surface area contributed by atoms with Crippen molar-refractivity contribution in [1.29, 1.82) is 0 Å². The van der Waals surface area contributed by atoms with Crippen molar-refractivity contribution in [3.8, 4) is 5.75 Å². The van der Waals surface area contributed by atoms with E-state index in [9.17, 15) is 0 Å². The van der Waals surface area contributed by atoms with Gasteiger partial charge in [0.1, 0.15) is 5.75 Å². The van der Waals surface area contributed by atoms with Crippen LogP contribution in [-0.4, -0.2) is 38.7 Å². The topological polar surface area (TPSA) is 24.5 Å². The van der Waals surface area contributed by atoms with E-state index in [2.05, 4.69) is 42.4 Å². The molecule has 0 amide bonds. The SMILES string of the molecule is CCCNC(CN(C)CC1CC1)c1cccc(OC)c1. The van der Waals surface area contributed by atoms with E-state index < -0.39 is 0 Å². The summed E-state index contributed by atoms with van der Waals surface area (Å²) in [7, 11) is 3.96. The summed E-state index contributed by atoms with van der Waals surface area (Å²) in [6.07, 6.45) is 3.99. The Kier molecular flexibility index (Phi) is 5.86. The van der Waals surface area contributed by atoms with Gasteiger partial charge < -0.3 is 15.0 Å².